The molecule has 0 bridgehead atoms. The molecule has 0 unspecified atom stereocenters. The Hall–Kier alpha value is -4.60. The van der Waals surface area contributed by atoms with Gasteiger partial charge < -0.3 is 51.5 Å². The molecule has 6 saturated heterocycles. The average Bonchev–Trinajstić information content (AvgIpc) is 4.10. The molecule has 0 aromatic carbocycles. The summed E-state index contributed by atoms with van der Waals surface area (Å²) in [4.78, 5) is 142. The highest BCUT2D eigenvalue weighted by Gasteiger charge is 2.46. The van der Waals surface area contributed by atoms with E-state index in [1.54, 1.807) is 27.7 Å². The zero-order chi connectivity index (χ0) is 46.2. The van der Waals surface area contributed by atoms with Crippen molar-refractivity contribution in [3.8, 4) is 0 Å². The molecule has 6 aliphatic heterocycles. The van der Waals surface area contributed by atoms with Crippen LogP contribution in [0.1, 0.15) is 91.9 Å². The van der Waals surface area contributed by atoms with Crippen LogP contribution in [0.25, 0.3) is 0 Å². The van der Waals surface area contributed by atoms with Gasteiger partial charge in [-0.2, -0.15) is 0 Å². The molecule has 0 aliphatic carbocycles. The Morgan fingerprint density at radius 1 is 0.516 bits per heavy atom. The first-order chi connectivity index (χ1) is 30.6. The van der Waals surface area contributed by atoms with Gasteiger partial charge in [0.05, 0.1) is 12.8 Å². The highest BCUT2D eigenvalue weighted by Crippen LogP contribution is 2.28. The molecule has 22 heteroatoms. The van der Waals surface area contributed by atoms with Crippen molar-refractivity contribution >= 4 is 80.7 Å². The van der Waals surface area contributed by atoms with E-state index < -0.39 is 95.6 Å². The summed E-state index contributed by atoms with van der Waals surface area (Å²) in [6, 6.07) is -7.47. The molecule has 6 heterocycles. The van der Waals surface area contributed by atoms with Crippen molar-refractivity contribution in [1.82, 2.24) is 51.5 Å². The molecule has 0 saturated carbocycles. The summed E-state index contributed by atoms with van der Waals surface area (Å²) in [6.07, 6.45) is 3.55. The van der Waals surface area contributed by atoms with Crippen LogP contribution in [0.4, 0.5) is 0 Å². The number of rotatable bonds is 11. The molecule has 0 aromatic heterocycles. The Morgan fingerprint density at radius 2 is 0.859 bits per heavy atom. The third kappa shape index (κ3) is 11.4. The van der Waals surface area contributed by atoms with Crippen molar-refractivity contribution in [2.45, 2.75) is 140 Å². The number of nitrogens with one attached hydrogen (secondary N) is 6. The molecule has 20 nitrogen and oxygen atoms in total. The molecule has 0 aromatic rings. The molecule has 0 radical (unpaired) electrons. The smallest absolute Gasteiger partial charge is 0.246 e. The molecule has 6 rings (SSSR count). The number of fused-ring (bicyclic) bond motifs is 4. The van der Waals surface area contributed by atoms with Gasteiger partial charge in [0.1, 0.15) is 48.3 Å². The Bertz CT molecular complexity index is 1690. The van der Waals surface area contributed by atoms with E-state index in [0.717, 1.165) is 0 Å². The van der Waals surface area contributed by atoms with Crippen LogP contribution in [0.3, 0.4) is 0 Å². The highest BCUT2D eigenvalue weighted by atomic mass is 33.1. The molecule has 6 N–H and O–H groups in total. The maximum Gasteiger partial charge on any atom is 0.246 e. The van der Waals surface area contributed by atoms with Crippen LogP contribution < -0.4 is 31.9 Å². The van der Waals surface area contributed by atoms with Gasteiger partial charge in [-0.15, -0.1) is 0 Å². The summed E-state index contributed by atoms with van der Waals surface area (Å²) in [5.41, 5.74) is 0. The van der Waals surface area contributed by atoms with Crippen LogP contribution in [-0.4, -0.2) is 178 Å². The van der Waals surface area contributed by atoms with E-state index in [1.807, 2.05) is 0 Å². The van der Waals surface area contributed by atoms with E-state index in [-0.39, 0.29) is 49.6 Å². The lowest BCUT2D eigenvalue weighted by Crippen LogP contribution is -2.58. The van der Waals surface area contributed by atoms with Gasteiger partial charge in [0.25, 0.3) is 0 Å². The maximum atomic E-state index is 13.7. The van der Waals surface area contributed by atoms with Crippen LogP contribution in [-0.2, 0) is 47.9 Å². The lowest BCUT2D eigenvalue weighted by molar-refractivity contribution is -0.147. The number of amides is 10. The highest BCUT2D eigenvalue weighted by molar-refractivity contribution is 8.76. The van der Waals surface area contributed by atoms with Crippen molar-refractivity contribution in [3.05, 3.63) is 0 Å². The van der Waals surface area contributed by atoms with E-state index in [2.05, 4.69) is 31.9 Å². The minimum atomic E-state index is -1.25. The van der Waals surface area contributed by atoms with Gasteiger partial charge in [0, 0.05) is 50.8 Å². The van der Waals surface area contributed by atoms with Gasteiger partial charge in [-0.05, 0) is 63.2 Å². The number of carbonyl (C=O) groups is 10. The standard InChI is InChI=1S/C42H64N10O10S2/c1-23(2)33-39(59)45-25(21-31(53)49-15-7-11-29(49)41(61)51-17-5-9-27(51)37(57)47-33)35(55)43-13-19-63-64-20-14-44-36(56)26-22-32(54)50-16-8-12-30(50)42(62)52-18-6-10-28(52)38(58)48-34(24(3)4)40(60)46-26/h23-30,33-34H,5-22H2,1-4H3,(H,43,55)(H,44,56)(H,45,59)(H,46,60)(H,47,57)(H,48,58)/t25-,26-,27-,28-,29+,30+,33+,34+/m1/s1. The Kier molecular flexibility index (Phi) is 16.8. The van der Waals surface area contributed by atoms with Gasteiger partial charge in [-0.1, -0.05) is 49.3 Å². The summed E-state index contributed by atoms with van der Waals surface area (Å²) in [6.45, 7) is 8.84. The summed E-state index contributed by atoms with van der Waals surface area (Å²) < 4.78 is 0. The predicted octanol–water partition coefficient (Wildman–Crippen LogP) is -1.38. The predicted molar refractivity (Wildman–Crippen MR) is 237 cm³/mol. The molecule has 8 atom stereocenters. The fraction of sp³-hybridized carbons (Fsp3) is 0.762. The Morgan fingerprint density at radius 3 is 1.22 bits per heavy atom. The average molecular weight is 933 g/mol. The van der Waals surface area contributed by atoms with Crippen LogP contribution in [0.5, 0.6) is 0 Å². The lowest BCUT2D eigenvalue weighted by atomic mass is 10.0. The van der Waals surface area contributed by atoms with Gasteiger partial charge in [0.15, 0.2) is 0 Å². The molecule has 6 fully saturated rings. The second-order valence-corrected chi connectivity index (χ2v) is 20.8. The Labute approximate surface area is 381 Å². The van der Waals surface area contributed by atoms with Crippen LogP contribution >= 0.6 is 21.6 Å². The lowest BCUT2D eigenvalue weighted by Gasteiger charge is -2.31. The summed E-state index contributed by atoms with van der Waals surface area (Å²) >= 11 is 0. The summed E-state index contributed by atoms with van der Waals surface area (Å²) in [7, 11) is 2.82. The Balaban J connectivity index is 1.00. The molecule has 6 aliphatic rings. The third-order valence-electron chi connectivity index (χ3n) is 13.0. The van der Waals surface area contributed by atoms with E-state index in [0.29, 0.717) is 89.1 Å². The molecule has 64 heavy (non-hydrogen) atoms. The number of hydrogen-bond donors (Lipinski definition) is 6. The quantitative estimate of drug-likeness (QED) is 0.104. The van der Waals surface area contributed by atoms with E-state index >= 15 is 0 Å². The topological polar surface area (TPSA) is 256 Å². The molecule has 10 amide bonds. The van der Waals surface area contributed by atoms with E-state index in [1.165, 1.54) is 41.2 Å². The second-order valence-electron chi connectivity index (χ2n) is 18.1. The fourth-order valence-corrected chi connectivity index (χ4v) is 11.3. The fourth-order valence-electron chi connectivity index (χ4n) is 9.52. The first kappa shape index (κ1) is 48.8. The summed E-state index contributed by atoms with van der Waals surface area (Å²) in [5.74, 6) is -4.55. The zero-order valence-corrected chi connectivity index (χ0v) is 38.8. The van der Waals surface area contributed by atoms with Crippen molar-refractivity contribution in [3.63, 3.8) is 0 Å². The van der Waals surface area contributed by atoms with Crippen molar-refractivity contribution in [2.24, 2.45) is 11.8 Å². The van der Waals surface area contributed by atoms with Crippen molar-refractivity contribution in [2.75, 3.05) is 50.8 Å². The zero-order valence-electron chi connectivity index (χ0n) is 37.2. The molecule has 354 valence electrons. The van der Waals surface area contributed by atoms with E-state index in [4.69, 9.17) is 0 Å². The number of nitrogens with zero attached hydrogens (tertiary/aromatic N) is 4. The molecular formula is C42H64N10O10S2. The minimum Gasteiger partial charge on any atom is -0.353 e. The van der Waals surface area contributed by atoms with Crippen molar-refractivity contribution < 1.29 is 47.9 Å². The van der Waals surface area contributed by atoms with E-state index in [9.17, 15) is 47.9 Å². The van der Waals surface area contributed by atoms with Crippen LogP contribution in [0.15, 0.2) is 0 Å². The van der Waals surface area contributed by atoms with Gasteiger partial charge >= 0.3 is 0 Å². The number of hydrogen-bond acceptors (Lipinski definition) is 12. The second kappa shape index (κ2) is 22.1. The maximum absolute atomic E-state index is 13.7. The minimum absolute atomic E-state index is 0.178. The van der Waals surface area contributed by atoms with Crippen molar-refractivity contribution in [1.29, 1.82) is 0 Å². The molecule has 0 spiro atoms. The van der Waals surface area contributed by atoms with Gasteiger partial charge in [-0.3, -0.25) is 47.9 Å². The first-order valence-electron chi connectivity index (χ1n) is 22.8. The first-order valence-corrected chi connectivity index (χ1v) is 25.3. The van der Waals surface area contributed by atoms with Gasteiger partial charge in [0.2, 0.25) is 59.1 Å². The van der Waals surface area contributed by atoms with Crippen LogP contribution in [0.2, 0.25) is 0 Å². The summed E-state index contributed by atoms with van der Waals surface area (Å²) in [5, 5.41) is 16.6. The number of carbonyl (C=O) groups excluding carboxylic acids is 10. The molecular weight excluding hydrogens is 869 g/mol. The normalized spacial score (nSPS) is 29.8. The van der Waals surface area contributed by atoms with Crippen LogP contribution in [0, 0.1) is 11.8 Å². The SMILES string of the molecule is CC(C)[C@@H]1NC(=O)[C@H]2CCCN2C(=O)[C@@H]2CCCN2C(=O)C[C@H](C(=O)NCCSSCCNC(=O)[C@H]2CC(=O)N3CCC[C@H]3C(=O)N3CCC[C@@H]3C(=O)N[C@@H](C(C)C)C(=O)N2)NC1=O. The monoisotopic (exact) mass is 932 g/mol. The largest absolute Gasteiger partial charge is 0.353 e. The van der Waals surface area contributed by atoms with Gasteiger partial charge in [-0.25, -0.2) is 0 Å². The third-order valence-corrected chi connectivity index (χ3v) is 15.4.